The van der Waals surface area contributed by atoms with Crippen LogP contribution in [0.1, 0.15) is 416 Å². The first-order valence-corrected chi connectivity index (χ1v) is 52.3. The molecule has 744 valence electrons. The van der Waals surface area contributed by atoms with Crippen LogP contribution in [0, 0.1) is 0 Å². The number of aliphatic hydroxyl groups excluding tert-OH is 2. The van der Waals surface area contributed by atoms with Gasteiger partial charge >= 0.3 is 23.6 Å². The van der Waals surface area contributed by atoms with Gasteiger partial charge in [-0.1, -0.05) is 315 Å². The SMILES string of the molecule is CCCCCCCCCCCCCCCC(=O)N[C@@H](CSCC(COC(=O)CCCCCCCCCCCCCCC)OC(=O)CCCCCCCCCCCCCCC)C(=O)N[C@@H](CO)C(=O)N[C@@H](CCCCCC(=O)c1ccc(Cn2c(=O)[nH]c3c(N)nc(NCCCC)nc32)cc1)C(=O)N[C@@H](CCCCN)C(=O)N[C@@H](CCCCN)C(O)N[C@@H](CCCCN)C(=O)O. The van der Waals surface area contributed by atoms with Gasteiger partial charge in [-0.15, -0.1) is 0 Å². The van der Waals surface area contributed by atoms with Gasteiger partial charge < -0.3 is 84.6 Å². The summed E-state index contributed by atoms with van der Waals surface area (Å²) < 4.78 is 13.3. The number of ketones is 1. The van der Waals surface area contributed by atoms with Crippen LogP contribution in [0.15, 0.2) is 29.1 Å². The molecule has 0 aliphatic carbocycles. The molecule has 0 aliphatic rings. The molecule has 0 spiro atoms. The first kappa shape index (κ1) is 117. The normalized spacial score (nSPS) is 13.4. The number of carbonyl (C=O) groups excluding carboxylic acids is 8. The van der Waals surface area contributed by atoms with Gasteiger partial charge in [0.2, 0.25) is 35.5 Å². The van der Waals surface area contributed by atoms with E-state index < -0.39 is 108 Å². The Kier molecular flexibility index (Phi) is 69.3. The average molecular weight is 1850 g/mol. The average Bonchev–Trinajstić information content (AvgIpc) is 1.63. The fraction of sp³-hybridized carbons (Fsp3) is 0.798. The highest BCUT2D eigenvalue weighted by atomic mass is 32.2. The van der Waals surface area contributed by atoms with E-state index in [-0.39, 0.29) is 101 Å². The van der Waals surface area contributed by atoms with E-state index in [1.807, 2.05) is 0 Å². The largest absolute Gasteiger partial charge is 0.480 e. The van der Waals surface area contributed by atoms with Gasteiger partial charge in [-0.2, -0.15) is 21.7 Å². The van der Waals surface area contributed by atoms with Crippen molar-refractivity contribution < 1.29 is 67.9 Å². The van der Waals surface area contributed by atoms with Crippen LogP contribution in [0.4, 0.5) is 11.8 Å². The number of carboxylic acids is 1. The Labute approximate surface area is 783 Å². The number of nitrogens with zero attached hydrogens (tertiary/aromatic N) is 3. The van der Waals surface area contributed by atoms with Crippen LogP contribution in [0.2, 0.25) is 0 Å². The number of hydrogen-bond acceptors (Lipinski definition) is 23. The maximum absolute atomic E-state index is 15.0. The van der Waals surface area contributed by atoms with Gasteiger partial charge in [0.05, 0.1) is 19.2 Å². The van der Waals surface area contributed by atoms with Crippen LogP contribution < -0.4 is 65.8 Å². The molecule has 3 rings (SSSR count). The minimum absolute atomic E-state index is 0.0466. The van der Waals surface area contributed by atoms with Crippen molar-refractivity contribution in [3.05, 3.63) is 45.9 Å². The summed E-state index contributed by atoms with van der Waals surface area (Å²) in [5, 5.41) is 52.7. The lowest BCUT2D eigenvalue weighted by Gasteiger charge is -2.30. The third-order valence-electron chi connectivity index (χ3n) is 24.2. The number of Topliss-reactive ketones (excluding diaryl/α,β-unsaturated/α-hetero) is 1. The molecule has 3 aromatic rings. The van der Waals surface area contributed by atoms with Crippen LogP contribution in [-0.2, 0) is 54.4 Å². The van der Waals surface area contributed by atoms with E-state index in [1.54, 1.807) is 24.3 Å². The van der Waals surface area contributed by atoms with Gasteiger partial charge in [0.15, 0.2) is 17.2 Å². The monoisotopic (exact) mass is 1850 g/mol. The Hall–Kier alpha value is -7.29. The number of hydrogen-bond donors (Lipinski definition) is 15. The number of H-pyrrole nitrogens is 1. The highest BCUT2D eigenvalue weighted by molar-refractivity contribution is 7.99. The van der Waals surface area contributed by atoms with Gasteiger partial charge in [0.25, 0.3) is 0 Å². The molecule has 1 aromatic carbocycles. The number of ether oxygens (including phenoxy) is 2. The van der Waals surface area contributed by atoms with Crippen molar-refractivity contribution in [2.45, 2.75) is 455 Å². The molecule has 30 nitrogen and oxygen atoms in total. The number of carbonyl (C=O) groups is 9. The van der Waals surface area contributed by atoms with E-state index in [0.717, 1.165) is 89.9 Å². The molecule has 19 N–H and O–H groups in total. The van der Waals surface area contributed by atoms with Crippen LogP contribution in [-0.4, -0.2) is 188 Å². The van der Waals surface area contributed by atoms with E-state index in [9.17, 15) is 58.5 Å². The zero-order valence-electron chi connectivity index (χ0n) is 80.6. The fourth-order valence-corrected chi connectivity index (χ4v) is 17.1. The number of nitrogen functional groups attached to an aromatic ring is 1. The van der Waals surface area contributed by atoms with Crippen molar-refractivity contribution in [2.75, 3.05) is 61.9 Å². The summed E-state index contributed by atoms with van der Waals surface area (Å²) in [4.78, 5) is 152. The lowest BCUT2D eigenvalue weighted by atomic mass is 10.0. The smallest absolute Gasteiger partial charge is 0.328 e. The number of amides is 5. The molecule has 2 unspecified atom stereocenters. The molecule has 0 saturated carbocycles. The molecule has 130 heavy (non-hydrogen) atoms. The Bertz CT molecular complexity index is 3560. The van der Waals surface area contributed by atoms with Crippen LogP contribution in [0.5, 0.6) is 0 Å². The number of nitrogens with one attached hydrogen (secondary N) is 8. The van der Waals surface area contributed by atoms with Crippen LogP contribution >= 0.6 is 11.8 Å². The third kappa shape index (κ3) is 55.4. The fourth-order valence-electron chi connectivity index (χ4n) is 16.1. The molecular formula is C99H177N15O15S. The minimum atomic E-state index is -1.70. The summed E-state index contributed by atoms with van der Waals surface area (Å²) in [6, 6.07) is -1.13. The number of fused-ring (bicyclic) bond motifs is 1. The van der Waals surface area contributed by atoms with E-state index in [0.29, 0.717) is 119 Å². The van der Waals surface area contributed by atoms with E-state index in [2.05, 4.69) is 79.9 Å². The van der Waals surface area contributed by atoms with Crippen molar-refractivity contribution in [1.82, 2.24) is 51.4 Å². The van der Waals surface area contributed by atoms with Gasteiger partial charge in [-0.3, -0.25) is 53.0 Å². The number of thioether (sulfide) groups is 1. The van der Waals surface area contributed by atoms with Crippen LogP contribution in [0.25, 0.3) is 11.2 Å². The second-order valence-corrected chi connectivity index (χ2v) is 37.0. The summed E-state index contributed by atoms with van der Waals surface area (Å²) in [6.45, 7) is 9.20. The predicted molar refractivity (Wildman–Crippen MR) is 524 cm³/mol. The molecule has 5 amide bonds. The number of unbranched alkanes of at least 4 members (excludes halogenated alkanes) is 42. The Morgan fingerprint density at radius 2 is 0.862 bits per heavy atom. The quantitative estimate of drug-likeness (QED) is 0.0108. The molecule has 2 heterocycles. The van der Waals surface area contributed by atoms with Crippen molar-refractivity contribution in [3.63, 3.8) is 0 Å². The summed E-state index contributed by atoms with van der Waals surface area (Å²) in [6.07, 6.45) is 48.2. The van der Waals surface area contributed by atoms with Crippen molar-refractivity contribution in [3.8, 4) is 0 Å². The first-order chi connectivity index (χ1) is 63.2. The van der Waals surface area contributed by atoms with E-state index >= 15 is 4.79 Å². The summed E-state index contributed by atoms with van der Waals surface area (Å²) in [5.41, 5.74) is 25.1. The molecule has 0 saturated heterocycles. The Morgan fingerprint density at radius 1 is 0.454 bits per heavy atom. The Balaban J connectivity index is 1.95. The molecule has 0 aliphatic heterocycles. The van der Waals surface area contributed by atoms with Crippen molar-refractivity contribution in [2.24, 2.45) is 17.2 Å². The summed E-state index contributed by atoms with van der Waals surface area (Å²) >= 11 is 1.18. The maximum atomic E-state index is 15.0. The van der Waals surface area contributed by atoms with Gasteiger partial charge in [-0.05, 0) is 109 Å². The molecule has 0 bridgehead atoms. The molecule has 8 atom stereocenters. The second-order valence-electron chi connectivity index (χ2n) is 35.9. The van der Waals surface area contributed by atoms with Gasteiger partial charge in [0.1, 0.15) is 54.7 Å². The topological polar surface area (TPSA) is 485 Å². The third-order valence-corrected chi connectivity index (χ3v) is 25.4. The maximum Gasteiger partial charge on any atom is 0.328 e. The zero-order chi connectivity index (χ0) is 94.8. The Morgan fingerprint density at radius 3 is 1.34 bits per heavy atom. The number of imidazole rings is 1. The van der Waals surface area contributed by atoms with Crippen molar-refractivity contribution >= 4 is 87.9 Å². The highest BCUT2D eigenvalue weighted by Gasteiger charge is 2.34. The highest BCUT2D eigenvalue weighted by Crippen LogP contribution is 2.24. The number of nitrogens with two attached hydrogens (primary N) is 4. The molecule has 31 heteroatoms. The number of aromatic nitrogens is 4. The standard InChI is InChI=1S/C99H177N15O15S/c1-5-9-13-16-19-22-25-28-31-34-37-40-46-60-86(117)105-84(75-130-74-78(129-88(119)62-48-42-39-36-33-30-27-24-21-18-15-11-7-3)73-128-87(118)61-47-41-38-35-32-29-26-23-20-17-14-10-6-2)96(124)110-83(72-115)95(123)108-79(92(120)106-80(56-49-52-67-100)93(121)107-81(57-50-53-68-101)94(122)109-82(97(125)126)58-51-54-69-102)55-44-43-45-59-85(116)77-65-63-76(64-66-77)71-114-91-89(111-99(114)127)90(103)112-98(113-91)104-70-12-8-4/h63-66,78-84,94,109,115,122H,5-62,67-75,100-102H2,1-4H3,(H,105,117)(H,106,120)(H,107,121)(H,108,123)(H,110,124)(H,111,127)(H,125,126)(H3,103,104,112,113)/t78?,79-,80-,81-,82-,83-,84-,94?/m0/s1. The number of esters is 2. The van der Waals surface area contributed by atoms with E-state index in [1.165, 1.54) is 170 Å². The number of aliphatic hydroxyl groups is 2. The molecular weight excluding hydrogens is 1670 g/mol. The number of anilines is 2. The van der Waals surface area contributed by atoms with Gasteiger partial charge in [-0.25, -0.2) is 4.79 Å². The number of aromatic amines is 1. The summed E-state index contributed by atoms with van der Waals surface area (Å²) in [7, 11) is 0. The molecule has 0 fully saturated rings. The van der Waals surface area contributed by atoms with Gasteiger partial charge in [0, 0.05) is 49.3 Å². The number of benzene rings is 1. The summed E-state index contributed by atoms with van der Waals surface area (Å²) in [5.74, 6) is -5.62. The number of carboxylic acid groups (broad SMARTS) is 1. The first-order valence-electron chi connectivity index (χ1n) is 51.1. The lowest BCUT2D eigenvalue weighted by molar-refractivity contribution is -0.157. The number of aliphatic carboxylic acids is 1. The molecule has 2 aromatic heterocycles. The van der Waals surface area contributed by atoms with Crippen LogP contribution in [0.3, 0.4) is 0 Å². The second kappa shape index (κ2) is 77.1. The zero-order valence-corrected chi connectivity index (χ0v) is 81.4. The minimum Gasteiger partial charge on any atom is -0.480 e. The molecule has 0 radical (unpaired) electrons. The predicted octanol–water partition coefficient (Wildman–Crippen LogP) is 15.9. The lowest BCUT2D eigenvalue weighted by Crippen LogP contribution is -2.60. The van der Waals surface area contributed by atoms with E-state index in [4.69, 9.17) is 32.4 Å². The number of rotatable bonds is 88. The van der Waals surface area contributed by atoms with Crippen molar-refractivity contribution in [1.29, 1.82) is 0 Å².